The minimum absolute atomic E-state index is 0.848. The summed E-state index contributed by atoms with van der Waals surface area (Å²) in [5.74, 6) is 0. The number of rotatable bonds is 5. The van der Waals surface area contributed by atoms with Crippen LogP contribution in [0.25, 0.3) is 6.08 Å². The number of benzene rings is 1. The van der Waals surface area contributed by atoms with Gasteiger partial charge in [-0.1, -0.05) is 24.3 Å². The first kappa shape index (κ1) is 11.8. The molecule has 0 fully saturated rings. The van der Waals surface area contributed by atoms with Crippen molar-refractivity contribution in [3.63, 3.8) is 0 Å². The minimum Gasteiger partial charge on any atom is -0.319 e. The second kappa shape index (κ2) is 7.07. The molecule has 1 N–H and O–H groups in total. The van der Waals surface area contributed by atoms with Crippen LogP contribution in [0.4, 0.5) is 5.69 Å². The molecule has 0 spiro atoms. The van der Waals surface area contributed by atoms with Crippen LogP contribution in [0.2, 0.25) is 0 Å². The van der Waals surface area contributed by atoms with Crippen LogP contribution in [0.5, 0.6) is 0 Å². The van der Waals surface area contributed by atoms with Crippen molar-refractivity contribution < 1.29 is 0 Å². The molecular weight excluding hydrogens is 204 g/mol. The number of thiocarbonyl (C=S) groups is 1. The topological polar surface area (TPSA) is 24.4 Å². The quantitative estimate of drug-likeness (QED) is 0.466. The van der Waals surface area contributed by atoms with Crippen LogP contribution in [0, 0.1) is 0 Å². The van der Waals surface area contributed by atoms with Gasteiger partial charge in [0.1, 0.15) is 0 Å². The van der Waals surface area contributed by atoms with Crippen LogP contribution in [-0.2, 0) is 0 Å². The lowest BCUT2D eigenvalue weighted by molar-refractivity contribution is 0.809. The number of hydrogen-bond acceptors (Lipinski definition) is 3. The predicted molar refractivity (Wildman–Crippen MR) is 68.7 cm³/mol. The SMILES string of the molecule is CNCCC=Cc1cccc(N=C=S)c1. The van der Waals surface area contributed by atoms with E-state index in [-0.39, 0.29) is 0 Å². The molecule has 0 radical (unpaired) electrons. The normalized spacial score (nSPS) is 10.2. The molecule has 15 heavy (non-hydrogen) atoms. The maximum atomic E-state index is 4.56. The molecule has 0 heterocycles. The summed E-state index contributed by atoms with van der Waals surface area (Å²) in [5.41, 5.74) is 1.98. The molecule has 2 nitrogen and oxygen atoms in total. The van der Waals surface area contributed by atoms with Crippen molar-refractivity contribution in [3.05, 3.63) is 35.9 Å². The van der Waals surface area contributed by atoms with Gasteiger partial charge >= 0.3 is 0 Å². The van der Waals surface area contributed by atoms with Gasteiger partial charge in [0.2, 0.25) is 0 Å². The third kappa shape index (κ3) is 4.66. The summed E-state index contributed by atoms with van der Waals surface area (Å²) in [4.78, 5) is 3.93. The van der Waals surface area contributed by atoms with Crippen molar-refractivity contribution in [2.24, 2.45) is 4.99 Å². The Morgan fingerprint density at radius 2 is 2.40 bits per heavy atom. The molecule has 0 amide bonds. The van der Waals surface area contributed by atoms with Crippen LogP contribution >= 0.6 is 12.2 Å². The monoisotopic (exact) mass is 218 g/mol. The summed E-state index contributed by atoms with van der Waals surface area (Å²) >= 11 is 4.56. The number of aliphatic imine (C=N–C) groups is 1. The first-order chi connectivity index (χ1) is 7.36. The summed E-state index contributed by atoms with van der Waals surface area (Å²) in [7, 11) is 1.95. The van der Waals surface area contributed by atoms with Gasteiger partial charge in [0.05, 0.1) is 10.8 Å². The van der Waals surface area contributed by atoms with E-state index in [1.807, 2.05) is 31.3 Å². The Morgan fingerprint density at radius 1 is 1.53 bits per heavy atom. The molecule has 0 aromatic heterocycles. The van der Waals surface area contributed by atoms with Crippen molar-refractivity contribution in [1.82, 2.24) is 5.32 Å². The molecule has 0 saturated carbocycles. The average Bonchev–Trinajstić information content (AvgIpc) is 2.26. The number of hydrogen-bond donors (Lipinski definition) is 1. The van der Waals surface area contributed by atoms with Gasteiger partial charge < -0.3 is 5.32 Å². The van der Waals surface area contributed by atoms with E-state index in [2.05, 4.69) is 39.8 Å². The van der Waals surface area contributed by atoms with E-state index < -0.39 is 0 Å². The standard InChI is InChI=1S/C12H14N2S/c1-13-8-3-2-5-11-6-4-7-12(9-11)14-10-15/h2,4-7,9,13H,3,8H2,1H3. The number of nitrogens with one attached hydrogen (secondary N) is 1. The highest BCUT2D eigenvalue weighted by molar-refractivity contribution is 7.78. The average molecular weight is 218 g/mol. The molecule has 1 aromatic rings. The van der Waals surface area contributed by atoms with Gasteiger partial charge in [-0.25, -0.2) is 0 Å². The van der Waals surface area contributed by atoms with Gasteiger partial charge in [-0.3, -0.25) is 0 Å². The summed E-state index contributed by atoms with van der Waals surface area (Å²) < 4.78 is 0. The van der Waals surface area contributed by atoms with E-state index in [4.69, 9.17) is 0 Å². The van der Waals surface area contributed by atoms with Gasteiger partial charge in [-0.05, 0) is 49.9 Å². The zero-order valence-electron chi connectivity index (χ0n) is 8.73. The van der Waals surface area contributed by atoms with E-state index >= 15 is 0 Å². The van der Waals surface area contributed by atoms with E-state index in [0.29, 0.717) is 0 Å². The fraction of sp³-hybridized carbons (Fsp3) is 0.250. The molecule has 0 aliphatic rings. The predicted octanol–water partition coefficient (Wildman–Crippen LogP) is 3.04. The maximum absolute atomic E-state index is 4.56. The molecule has 78 valence electrons. The third-order valence-corrected chi connectivity index (χ3v) is 2.01. The Labute approximate surface area is 95.7 Å². The summed E-state index contributed by atoms with van der Waals surface area (Å²) in [5, 5.41) is 5.45. The van der Waals surface area contributed by atoms with Crippen LogP contribution in [0.15, 0.2) is 35.3 Å². The second-order valence-corrected chi connectivity index (χ2v) is 3.28. The maximum Gasteiger partial charge on any atom is 0.0745 e. The fourth-order valence-corrected chi connectivity index (χ4v) is 1.30. The number of isothiocyanates is 1. The van der Waals surface area contributed by atoms with Crippen molar-refractivity contribution in [3.8, 4) is 0 Å². The van der Waals surface area contributed by atoms with Gasteiger partial charge in [0, 0.05) is 0 Å². The van der Waals surface area contributed by atoms with Crippen LogP contribution in [-0.4, -0.2) is 18.8 Å². The van der Waals surface area contributed by atoms with E-state index in [9.17, 15) is 0 Å². The summed E-state index contributed by atoms with van der Waals surface area (Å²) in [6.45, 7) is 0.994. The van der Waals surface area contributed by atoms with Crippen LogP contribution in [0.1, 0.15) is 12.0 Å². The smallest absolute Gasteiger partial charge is 0.0745 e. The fourth-order valence-electron chi connectivity index (χ4n) is 1.20. The van der Waals surface area contributed by atoms with Gasteiger partial charge in [0.15, 0.2) is 0 Å². The molecule has 0 unspecified atom stereocenters. The lowest BCUT2D eigenvalue weighted by Crippen LogP contribution is -2.05. The molecule has 0 saturated heterocycles. The lowest BCUT2D eigenvalue weighted by Gasteiger charge is -1.95. The van der Waals surface area contributed by atoms with Gasteiger partial charge in [-0.2, -0.15) is 4.99 Å². The van der Waals surface area contributed by atoms with Crippen molar-refractivity contribution in [1.29, 1.82) is 0 Å². The summed E-state index contributed by atoms with van der Waals surface area (Å²) in [6, 6.07) is 7.89. The summed E-state index contributed by atoms with van der Waals surface area (Å²) in [6.07, 6.45) is 5.24. The zero-order valence-corrected chi connectivity index (χ0v) is 9.55. The largest absolute Gasteiger partial charge is 0.319 e. The first-order valence-electron chi connectivity index (χ1n) is 4.86. The highest BCUT2D eigenvalue weighted by Crippen LogP contribution is 2.14. The molecule has 0 bridgehead atoms. The Morgan fingerprint density at radius 3 is 3.13 bits per heavy atom. The van der Waals surface area contributed by atoms with Crippen molar-refractivity contribution in [2.45, 2.75) is 6.42 Å². The Hall–Kier alpha value is -1.28. The molecule has 1 aromatic carbocycles. The van der Waals surface area contributed by atoms with Crippen LogP contribution in [0.3, 0.4) is 0 Å². The van der Waals surface area contributed by atoms with Gasteiger partial charge in [0.25, 0.3) is 0 Å². The van der Waals surface area contributed by atoms with Crippen molar-refractivity contribution >= 4 is 29.1 Å². The molecular formula is C12H14N2S. The molecule has 0 aliphatic carbocycles. The van der Waals surface area contributed by atoms with E-state index in [1.165, 1.54) is 0 Å². The molecule has 0 atom stereocenters. The van der Waals surface area contributed by atoms with E-state index in [1.54, 1.807) is 0 Å². The zero-order chi connectivity index (χ0) is 10.9. The highest BCUT2D eigenvalue weighted by atomic mass is 32.1. The highest BCUT2D eigenvalue weighted by Gasteiger charge is 1.89. The first-order valence-corrected chi connectivity index (χ1v) is 5.26. The Bertz CT molecular complexity index is 379. The molecule has 1 rings (SSSR count). The molecule has 0 aliphatic heterocycles. The minimum atomic E-state index is 0.848. The van der Waals surface area contributed by atoms with Crippen LogP contribution < -0.4 is 5.32 Å². The Kier molecular flexibility index (Phi) is 5.56. The Balaban J connectivity index is 2.64. The lowest BCUT2D eigenvalue weighted by atomic mass is 10.2. The second-order valence-electron chi connectivity index (χ2n) is 3.09. The third-order valence-electron chi connectivity index (χ3n) is 1.92. The van der Waals surface area contributed by atoms with E-state index in [0.717, 1.165) is 24.2 Å². The molecule has 3 heteroatoms. The number of nitrogens with zero attached hydrogens (tertiary/aromatic N) is 1. The van der Waals surface area contributed by atoms with Crippen molar-refractivity contribution in [2.75, 3.05) is 13.6 Å². The van der Waals surface area contributed by atoms with Gasteiger partial charge in [-0.15, -0.1) is 0 Å².